The van der Waals surface area contributed by atoms with E-state index in [9.17, 15) is 0 Å². The van der Waals surface area contributed by atoms with E-state index >= 15 is 0 Å². The Bertz CT molecular complexity index is 82.0. The zero-order chi connectivity index (χ0) is 7.40. The molecule has 1 fully saturated rings. The van der Waals surface area contributed by atoms with Gasteiger partial charge in [0, 0.05) is 0 Å². The van der Waals surface area contributed by atoms with Gasteiger partial charge in [0.1, 0.15) is 0 Å². The van der Waals surface area contributed by atoms with Crippen LogP contribution in [0, 0.1) is 18.3 Å². The maximum absolute atomic E-state index is 2.55. The van der Waals surface area contributed by atoms with Gasteiger partial charge in [-0.25, -0.2) is 0 Å². The fourth-order valence-electron chi connectivity index (χ4n) is 1.38. The summed E-state index contributed by atoms with van der Waals surface area (Å²) in [5.74, 6) is 1.89. The van der Waals surface area contributed by atoms with Crippen LogP contribution in [-0.4, -0.2) is 0 Å². The van der Waals surface area contributed by atoms with Crippen molar-refractivity contribution in [3.8, 4) is 0 Å². The van der Waals surface area contributed by atoms with Crippen LogP contribution < -0.4 is 0 Å². The third kappa shape index (κ3) is 3.24. The van der Waals surface area contributed by atoms with Crippen molar-refractivity contribution >= 4 is 0 Å². The Hall–Kier alpha value is 0. The second-order valence-corrected chi connectivity index (χ2v) is 3.65. The molecule has 0 bridgehead atoms. The highest BCUT2D eigenvalue weighted by Gasteiger charge is 2.23. The van der Waals surface area contributed by atoms with E-state index in [-0.39, 0.29) is 0 Å². The summed E-state index contributed by atoms with van der Waals surface area (Å²) < 4.78 is 0. The molecular formula is C10H19. The molecule has 0 saturated heterocycles. The van der Waals surface area contributed by atoms with E-state index < -0.39 is 0 Å². The van der Waals surface area contributed by atoms with E-state index in [2.05, 4.69) is 20.3 Å². The van der Waals surface area contributed by atoms with Gasteiger partial charge in [-0.05, 0) is 31.1 Å². The lowest BCUT2D eigenvalue weighted by atomic mass is 9.98. The second kappa shape index (κ2) is 4.00. The van der Waals surface area contributed by atoms with Crippen molar-refractivity contribution in [2.24, 2.45) is 11.8 Å². The zero-order valence-electron chi connectivity index (χ0n) is 7.27. The molecule has 1 atom stereocenters. The molecule has 0 heterocycles. The molecule has 0 N–H and O–H groups in total. The Kier molecular flexibility index (Phi) is 3.24. The van der Waals surface area contributed by atoms with E-state index in [0.717, 1.165) is 11.8 Å². The lowest BCUT2D eigenvalue weighted by molar-refractivity contribution is 0.542. The first-order chi connectivity index (χ1) is 4.83. The molecule has 1 radical (unpaired) electrons. The van der Waals surface area contributed by atoms with Crippen molar-refractivity contribution in [1.82, 2.24) is 0 Å². The van der Waals surface area contributed by atoms with E-state index in [1.165, 1.54) is 32.1 Å². The Balaban J connectivity index is 1.91. The van der Waals surface area contributed by atoms with Gasteiger partial charge in [0.25, 0.3) is 0 Å². The molecule has 0 heteroatoms. The average Bonchev–Trinajstić information content (AvgIpc) is 2.67. The van der Waals surface area contributed by atoms with Gasteiger partial charge in [0.05, 0.1) is 0 Å². The quantitative estimate of drug-likeness (QED) is 0.547. The fraction of sp³-hybridized carbons (Fsp3) is 0.900. The maximum Gasteiger partial charge on any atom is -0.0326 e. The van der Waals surface area contributed by atoms with Crippen LogP contribution in [0.5, 0.6) is 0 Å². The third-order valence-corrected chi connectivity index (χ3v) is 2.24. The molecule has 0 aromatic heterocycles. The Morgan fingerprint density at radius 3 is 2.70 bits per heavy atom. The SMILES string of the molecule is CCCCC(C)[CH]C1CC1. The van der Waals surface area contributed by atoms with Gasteiger partial charge >= 0.3 is 0 Å². The lowest BCUT2D eigenvalue weighted by Crippen LogP contribution is -1.96. The lowest BCUT2D eigenvalue weighted by Gasteiger charge is -2.07. The molecule has 10 heavy (non-hydrogen) atoms. The van der Waals surface area contributed by atoms with E-state index in [4.69, 9.17) is 0 Å². The van der Waals surface area contributed by atoms with E-state index in [1.54, 1.807) is 0 Å². The molecule has 0 aromatic carbocycles. The first kappa shape index (κ1) is 8.10. The normalized spacial score (nSPS) is 21.0. The minimum Gasteiger partial charge on any atom is -0.0654 e. The van der Waals surface area contributed by atoms with Gasteiger partial charge in [-0.1, -0.05) is 33.1 Å². The number of hydrogen-bond donors (Lipinski definition) is 0. The van der Waals surface area contributed by atoms with Crippen LogP contribution in [0.15, 0.2) is 0 Å². The van der Waals surface area contributed by atoms with Crippen LogP contribution in [0.3, 0.4) is 0 Å². The van der Waals surface area contributed by atoms with Crippen LogP contribution in [-0.2, 0) is 0 Å². The third-order valence-electron chi connectivity index (χ3n) is 2.24. The molecule has 1 unspecified atom stereocenters. The van der Waals surface area contributed by atoms with Crippen molar-refractivity contribution in [2.45, 2.75) is 46.0 Å². The van der Waals surface area contributed by atoms with E-state index in [1.807, 2.05) is 0 Å². The molecule has 0 nitrogen and oxygen atoms in total. The van der Waals surface area contributed by atoms with Crippen LogP contribution in [0.2, 0.25) is 0 Å². The predicted molar refractivity (Wildman–Crippen MR) is 45.7 cm³/mol. The predicted octanol–water partition coefficient (Wildman–Crippen LogP) is 3.43. The maximum atomic E-state index is 2.55. The largest absolute Gasteiger partial charge is 0.0654 e. The summed E-state index contributed by atoms with van der Waals surface area (Å²) in [6, 6.07) is 0. The molecule has 0 aromatic rings. The average molecular weight is 139 g/mol. The van der Waals surface area contributed by atoms with Crippen molar-refractivity contribution < 1.29 is 0 Å². The minimum absolute atomic E-state index is 0.882. The van der Waals surface area contributed by atoms with Gasteiger partial charge in [-0.15, -0.1) is 0 Å². The number of unbranched alkanes of at least 4 members (excludes halogenated alkanes) is 1. The molecule has 0 spiro atoms. The Morgan fingerprint density at radius 1 is 1.50 bits per heavy atom. The summed E-state index contributed by atoms with van der Waals surface area (Å²) in [6.45, 7) is 4.62. The zero-order valence-corrected chi connectivity index (χ0v) is 7.27. The smallest absolute Gasteiger partial charge is 0.0326 e. The summed E-state index contributed by atoms with van der Waals surface area (Å²) in [5.41, 5.74) is 0. The van der Waals surface area contributed by atoms with Crippen LogP contribution >= 0.6 is 0 Å². The molecule has 0 aliphatic heterocycles. The minimum atomic E-state index is 0.882. The summed E-state index contributed by atoms with van der Waals surface area (Å²) in [5, 5.41) is 0. The second-order valence-electron chi connectivity index (χ2n) is 3.65. The first-order valence-electron chi connectivity index (χ1n) is 4.68. The first-order valence-corrected chi connectivity index (χ1v) is 4.68. The summed E-state index contributed by atoms with van der Waals surface area (Å²) in [4.78, 5) is 0. The Labute approximate surface area is 65.0 Å². The summed E-state index contributed by atoms with van der Waals surface area (Å²) in [7, 11) is 0. The van der Waals surface area contributed by atoms with Gasteiger partial charge in [0.15, 0.2) is 0 Å². The fourth-order valence-corrected chi connectivity index (χ4v) is 1.38. The summed E-state index contributed by atoms with van der Waals surface area (Å²) in [6.07, 6.45) is 9.66. The highest BCUT2D eigenvalue weighted by molar-refractivity contribution is 4.90. The van der Waals surface area contributed by atoms with Gasteiger partial charge in [0.2, 0.25) is 0 Å². The molecule has 1 rings (SSSR count). The van der Waals surface area contributed by atoms with Crippen LogP contribution in [0.4, 0.5) is 0 Å². The van der Waals surface area contributed by atoms with Crippen molar-refractivity contribution in [3.63, 3.8) is 0 Å². The van der Waals surface area contributed by atoms with Gasteiger partial charge in [-0.3, -0.25) is 0 Å². The van der Waals surface area contributed by atoms with E-state index in [0.29, 0.717) is 0 Å². The highest BCUT2D eigenvalue weighted by Crippen LogP contribution is 2.35. The topological polar surface area (TPSA) is 0 Å². The standard InChI is InChI=1S/C10H19/c1-3-4-5-9(2)8-10-6-7-10/h8-10H,3-7H2,1-2H3. The van der Waals surface area contributed by atoms with Crippen molar-refractivity contribution in [2.75, 3.05) is 0 Å². The Morgan fingerprint density at radius 2 is 2.20 bits per heavy atom. The molecule has 0 amide bonds. The van der Waals surface area contributed by atoms with Gasteiger partial charge in [-0.2, -0.15) is 0 Å². The van der Waals surface area contributed by atoms with Crippen LogP contribution in [0.25, 0.3) is 0 Å². The molecule has 1 saturated carbocycles. The van der Waals surface area contributed by atoms with Gasteiger partial charge < -0.3 is 0 Å². The number of hydrogen-bond acceptors (Lipinski definition) is 0. The summed E-state index contributed by atoms with van der Waals surface area (Å²) >= 11 is 0. The highest BCUT2D eigenvalue weighted by atomic mass is 14.3. The molecule has 1 aliphatic rings. The number of rotatable bonds is 5. The monoisotopic (exact) mass is 139 g/mol. The van der Waals surface area contributed by atoms with Crippen molar-refractivity contribution in [3.05, 3.63) is 6.42 Å². The van der Waals surface area contributed by atoms with Crippen molar-refractivity contribution in [1.29, 1.82) is 0 Å². The molecule has 59 valence electrons. The van der Waals surface area contributed by atoms with Crippen LogP contribution in [0.1, 0.15) is 46.0 Å². The molecule has 1 aliphatic carbocycles. The molecular weight excluding hydrogens is 120 g/mol.